The molecule has 1 heterocycles. The molecule has 0 fully saturated rings. The lowest BCUT2D eigenvalue weighted by molar-refractivity contribution is 1.29. The van der Waals surface area contributed by atoms with Gasteiger partial charge >= 0.3 is 0 Å². The summed E-state index contributed by atoms with van der Waals surface area (Å²) in [6.45, 7) is 0. The number of nitrogens with zero attached hydrogens (tertiary/aromatic N) is 1. The molecule has 9 aromatic carbocycles. The van der Waals surface area contributed by atoms with Crippen molar-refractivity contribution in [2.45, 2.75) is 0 Å². The summed E-state index contributed by atoms with van der Waals surface area (Å²) >= 11 is 1.86. The monoisotopic (exact) mass is 731 g/mol. The number of rotatable bonds is 8. The molecule has 264 valence electrons. The number of fused-ring (bicyclic) bond motifs is 3. The van der Waals surface area contributed by atoms with Crippen molar-refractivity contribution in [3.63, 3.8) is 0 Å². The molecule has 0 aliphatic carbocycles. The van der Waals surface area contributed by atoms with Gasteiger partial charge in [0, 0.05) is 42.7 Å². The van der Waals surface area contributed by atoms with Crippen molar-refractivity contribution >= 4 is 48.6 Å². The maximum Gasteiger partial charge on any atom is 0.0618 e. The van der Waals surface area contributed by atoms with E-state index in [1.165, 1.54) is 75.8 Å². The van der Waals surface area contributed by atoms with Gasteiger partial charge in [0.05, 0.1) is 5.69 Å². The molecular weight excluding hydrogens is 695 g/mol. The summed E-state index contributed by atoms with van der Waals surface area (Å²) in [4.78, 5) is 2.48. The van der Waals surface area contributed by atoms with Gasteiger partial charge < -0.3 is 4.90 Å². The Morgan fingerprint density at radius 3 is 1.30 bits per heavy atom. The fraction of sp³-hybridized carbons (Fsp3) is 0. The van der Waals surface area contributed by atoms with Crippen LogP contribution in [0.2, 0.25) is 0 Å². The number of anilines is 3. The highest BCUT2D eigenvalue weighted by Gasteiger charge is 2.24. The van der Waals surface area contributed by atoms with Gasteiger partial charge in [-0.05, 0) is 93.0 Å². The van der Waals surface area contributed by atoms with Crippen LogP contribution in [0.5, 0.6) is 0 Å². The fourth-order valence-corrected chi connectivity index (χ4v) is 9.06. The van der Waals surface area contributed by atoms with Gasteiger partial charge in [0.2, 0.25) is 0 Å². The standard InChI is InChI=1S/C54H37NS/c1-5-16-38(17-6-1)43-24-15-25-44(34-43)40-28-30-46(31-29-40)55(47-32-33-49-48-26-13-14-27-52(48)56-53(49)37-47)54-50(41-20-9-3-10-21-41)35-45(39-18-7-2-8-19-39)36-51(54)42-22-11-4-12-23-42/h1-37H. The van der Waals surface area contributed by atoms with Crippen molar-refractivity contribution in [1.29, 1.82) is 0 Å². The van der Waals surface area contributed by atoms with E-state index >= 15 is 0 Å². The van der Waals surface area contributed by atoms with Crippen molar-refractivity contribution in [3.8, 4) is 55.6 Å². The first-order valence-corrected chi connectivity index (χ1v) is 19.9. The smallest absolute Gasteiger partial charge is 0.0618 e. The highest BCUT2D eigenvalue weighted by atomic mass is 32.1. The van der Waals surface area contributed by atoms with E-state index in [1.807, 2.05) is 11.3 Å². The zero-order valence-corrected chi connectivity index (χ0v) is 31.5. The molecule has 0 bridgehead atoms. The summed E-state index contributed by atoms with van der Waals surface area (Å²) in [7, 11) is 0. The molecule has 0 saturated heterocycles. The van der Waals surface area contributed by atoms with E-state index in [0.29, 0.717) is 0 Å². The average Bonchev–Trinajstić information content (AvgIpc) is 3.66. The van der Waals surface area contributed by atoms with Crippen LogP contribution >= 0.6 is 11.3 Å². The molecule has 0 atom stereocenters. The number of hydrogen-bond acceptors (Lipinski definition) is 2. The van der Waals surface area contributed by atoms with Crippen LogP contribution in [0.4, 0.5) is 17.1 Å². The first kappa shape index (κ1) is 33.6. The lowest BCUT2D eigenvalue weighted by Crippen LogP contribution is -2.13. The molecule has 0 aliphatic heterocycles. The number of hydrogen-bond donors (Lipinski definition) is 0. The predicted octanol–water partition coefficient (Wildman–Crippen LogP) is 15.9. The maximum absolute atomic E-state index is 2.48. The quantitative estimate of drug-likeness (QED) is 0.150. The van der Waals surface area contributed by atoms with Crippen molar-refractivity contribution < 1.29 is 0 Å². The van der Waals surface area contributed by atoms with E-state index in [-0.39, 0.29) is 0 Å². The van der Waals surface area contributed by atoms with Crippen LogP contribution in [0.25, 0.3) is 75.8 Å². The van der Waals surface area contributed by atoms with Crippen molar-refractivity contribution in [3.05, 3.63) is 224 Å². The Morgan fingerprint density at radius 2 is 0.714 bits per heavy atom. The Balaban J connectivity index is 1.22. The first-order valence-electron chi connectivity index (χ1n) is 19.1. The molecule has 0 saturated carbocycles. The van der Waals surface area contributed by atoms with Crippen molar-refractivity contribution in [2.75, 3.05) is 4.90 Å². The van der Waals surface area contributed by atoms with E-state index < -0.39 is 0 Å². The van der Waals surface area contributed by atoms with Gasteiger partial charge in [0.1, 0.15) is 0 Å². The van der Waals surface area contributed by atoms with Gasteiger partial charge in [0.15, 0.2) is 0 Å². The molecule has 0 radical (unpaired) electrons. The fourth-order valence-electron chi connectivity index (χ4n) is 7.92. The Kier molecular flexibility index (Phi) is 8.79. The zero-order valence-electron chi connectivity index (χ0n) is 30.7. The number of thiophene rings is 1. The predicted molar refractivity (Wildman–Crippen MR) is 241 cm³/mol. The van der Waals surface area contributed by atoms with Gasteiger partial charge in [-0.2, -0.15) is 0 Å². The third kappa shape index (κ3) is 6.36. The second kappa shape index (κ2) is 14.7. The van der Waals surface area contributed by atoms with E-state index in [2.05, 4.69) is 229 Å². The highest BCUT2D eigenvalue weighted by Crippen LogP contribution is 2.50. The van der Waals surface area contributed by atoms with Gasteiger partial charge in [-0.25, -0.2) is 0 Å². The second-order valence-electron chi connectivity index (χ2n) is 14.1. The molecule has 0 spiro atoms. The normalized spacial score (nSPS) is 11.2. The Bertz CT molecular complexity index is 2870. The summed E-state index contributed by atoms with van der Waals surface area (Å²) in [5.41, 5.74) is 15.2. The van der Waals surface area contributed by atoms with E-state index in [0.717, 1.165) is 17.1 Å². The van der Waals surface area contributed by atoms with E-state index in [9.17, 15) is 0 Å². The molecule has 2 heteroatoms. The summed E-state index contributed by atoms with van der Waals surface area (Å²) in [5.74, 6) is 0. The third-order valence-corrected chi connectivity index (χ3v) is 11.8. The maximum atomic E-state index is 2.48. The average molecular weight is 732 g/mol. The number of benzene rings is 9. The van der Waals surface area contributed by atoms with Crippen molar-refractivity contribution in [1.82, 2.24) is 0 Å². The molecule has 10 aromatic rings. The first-order chi connectivity index (χ1) is 27.8. The minimum atomic E-state index is 1.09. The molecular formula is C54H37NS. The lowest BCUT2D eigenvalue weighted by Gasteiger charge is -2.31. The third-order valence-electron chi connectivity index (χ3n) is 10.7. The molecule has 0 unspecified atom stereocenters. The molecule has 1 nitrogen and oxygen atoms in total. The van der Waals surface area contributed by atoms with Gasteiger partial charge in [-0.3, -0.25) is 0 Å². The molecule has 0 amide bonds. The van der Waals surface area contributed by atoms with Crippen LogP contribution in [-0.2, 0) is 0 Å². The van der Waals surface area contributed by atoms with E-state index in [1.54, 1.807) is 0 Å². The summed E-state index contributed by atoms with van der Waals surface area (Å²) in [6, 6.07) is 81.5. The van der Waals surface area contributed by atoms with Crippen molar-refractivity contribution in [2.24, 2.45) is 0 Å². The van der Waals surface area contributed by atoms with Crippen LogP contribution in [0.15, 0.2) is 224 Å². The summed E-state index contributed by atoms with van der Waals surface area (Å²) in [6.07, 6.45) is 0. The van der Waals surface area contributed by atoms with Gasteiger partial charge in [-0.15, -0.1) is 11.3 Å². The minimum absolute atomic E-state index is 1.09. The van der Waals surface area contributed by atoms with Crippen LogP contribution in [-0.4, -0.2) is 0 Å². The highest BCUT2D eigenvalue weighted by molar-refractivity contribution is 7.25. The molecule has 10 rings (SSSR count). The Hall–Kier alpha value is -7.00. The van der Waals surface area contributed by atoms with Gasteiger partial charge in [0.25, 0.3) is 0 Å². The summed E-state index contributed by atoms with van der Waals surface area (Å²) < 4.78 is 2.57. The Morgan fingerprint density at radius 1 is 0.268 bits per heavy atom. The molecule has 0 N–H and O–H groups in total. The lowest BCUT2D eigenvalue weighted by atomic mass is 9.89. The molecule has 0 aliphatic rings. The largest absolute Gasteiger partial charge is 0.309 e. The minimum Gasteiger partial charge on any atom is -0.309 e. The summed E-state index contributed by atoms with van der Waals surface area (Å²) in [5, 5.41) is 2.59. The second-order valence-corrected chi connectivity index (χ2v) is 15.2. The SMILES string of the molecule is c1ccc(-c2cccc(-c3ccc(N(c4ccc5c(c4)sc4ccccc45)c4c(-c5ccccc5)cc(-c5ccccc5)cc4-c4ccccc4)cc3)c2)cc1. The zero-order chi connectivity index (χ0) is 37.3. The van der Waals surface area contributed by atoms with Crippen LogP contribution in [0.3, 0.4) is 0 Å². The van der Waals surface area contributed by atoms with Crippen LogP contribution in [0.1, 0.15) is 0 Å². The van der Waals surface area contributed by atoms with Crippen LogP contribution in [0, 0.1) is 0 Å². The van der Waals surface area contributed by atoms with Crippen LogP contribution < -0.4 is 4.90 Å². The Labute approximate surface area is 332 Å². The van der Waals surface area contributed by atoms with E-state index in [4.69, 9.17) is 0 Å². The topological polar surface area (TPSA) is 3.24 Å². The molecule has 1 aromatic heterocycles. The molecule has 56 heavy (non-hydrogen) atoms. The van der Waals surface area contributed by atoms with Gasteiger partial charge in [-0.1, -0.05) is 176 Å².